The van der Waals surface area contributed by atoms with Crippen LogP contribution in [0.25, 0.3) is 0 Å². The van der Waals surface area contributed by atoms with Crippen LogP contribution in [0.3, 0.4) is 0 Å². The van der Waals surface area contributed by atoms with Crippen LogP contribution in [0.5, 0.6) is 0 Å². The highest BCUT2D eigenvalue weighted by atomic mass is 16.3. The number of likely N-dealkylation sites (N-methyl/N-ethyl adjacent to an activating group) is 1. The zero-order valence-electron chi connectivity index (χ0n) is 18.8. The van der Waals surface area contributed by atoms with Gasteiger partial charge in [0.15, 0.2) is 5.78 Å². The van der Waals surface area contributed by atoms with Gasteiger partial charge in [0.1, 0.15) is 12.6 Å². The number of hydrogen-bond acceptors (Lipinski definition) is 5. The number of Topliss-reactive ketones (excluding diaryl/α,β-unsaturated/α-hetero) is 1. The molecule has 1 aliphatic rings. The quantitative estimate of drug-likeness (QED) is 0.513. The molecule has 0 spiro atoms. The maximum atomic E-state index is 13.0. The molecule has 1 aromatic carbocycles. The maximum Gasteiger partial charge on any atom is 0.318 e. The fourth-order valence-corrected chi connectivity index (χ4v) is 3.60. The van der Waals surface area contributed by atoms with Crippen LogP contribution in [-0.2, 0) is 16.0 Å². The van der Waals surface area contributed by atoms with Gasteiger partial charge in [0.05, 0.1) is 6.04 Å². The van der Waals surface area contributed by atoms with Crippen molar-refractivity contribution in [3.05, 3.63) is 35.9 Å². The van der Waals surface area contributed by atoms with E-state index in [0.717, 1.165) is 18.7 Å². The van der Waals surface area contributed by atoms with Crippen molar-refractivity contribution in [2.24, 2.45) is 5.92 Å². The number of nitrogens with one attached hydrogen (secondary N) is 2. The third-order valence-corrected chi connectivity index (χ3v) is 5.54. The van der Waals surface area contributed by atoms with E-state index < -0.39 is 30.4 Å². The second-order valence-corrected chi connectivity index (χ2v) is 8.63. The third kappa shape index (κ3) is 8.30. The fourth-order valence-electron chi connectivity index (χ4n) is 3.60. The van der Waals surface area contributed by atoms with E-state index in [-0.39, 0.29) is 11.9 Å². The summed E-state index contributed by atoms with van der Waals surface area (Å²) in [5, 5.41) is 15.0. The predicted octanol–water partition coefficient (Wildman–Crippen LogP) is 1.04. The van der Waals surface area contributed by atoms with E-state index >= 15 is 0 Å². The first kappa shape index (κ1) is 24.8. The normalized spacial score (nSPS) is 16.6. The molecule has 1 saturated heterocycles. The number of aryl methyl sites for hydroxylation is 1. The summed E-state index contributed by atoms with van der Waals surface area (Å²) in [5.74, 6) is -0.645. The van der Waals surface area contributed by atoms with Crippen molar-refractivity contribution in [1.82, 2.24) is 20.4 Å². The zero-order chi connectivity index (χ0) is 22.8. The SMILES string of the molecule is CC(C)C[C@H](NC(=O)N1CCN(C)CC1)C(=O)N[C@@H](CCc1ccccc1)C(=O)CO. The Morgan fingerprint density at radius 3 is 2.23 bits per heavy atom. The van der Waals surface area contributed by atoms with Crippen molar-refractivity contribution in [2.75, 3.05) is 39.8 Å². The lowest BCUT2D eigenvalue weighted by Gasteiger charge is -2.33. The van der Waals surface area contributed by atoms with Gasteiger partial charge in [0, 0.05) is 26.2 Å². The van der Waals surface area contributed by atoms with E-state index in [0.29, 0.717) is 32.4 Å². The minimum Gasteiger partial charge on any atom is -0.389 e. The van der Waals surface area contributed by atoms with Gasteiger partial charge in [-0.25, -0.2) is 4.79 Å². The third-order valence-electron chi connectivity index (χ3n) is 5.54. The van der Waals surface area contributed by atoms with Crippen LogP contribution < -0.4 is 10.6 Å². The van der Waals surface area contributed by atoms with E-state index in [2.05, 4.69) is 15.5 Å². The van der Waals surface area contributed by atoms with Gasteiger partial charge in [-0.3, -0.25) is 9.59 Å². The van der Waals surface area contributed by atoms with Gasteiger partial charge in [-0.15, -0.1) is 0 Å². The Kier molecular flexibility index (Phi) is 9.94. The van der Waals surface area contributed by atoms with Crippen LogP contribution in [0, 0.1) is 5.92 Å². The van der Waals surface area contributed by atoms with Gasteiger partial charge in [-0.05, 0) is 37.8 Å². The minimum absolute atomic E-state index is 0.180. The number of carbonyl (C=O) groups is 3. The van der Waals surface area contributed by atoms with Gasteiger partial charge in [-0.2, -0.15) is 0 Å². The van der Waals surface area contributed by atoms with Gasteiger partial charge in [0.25, 0.3) is 0 Å². The molecule has 0 radical (unpaired) electrons. The molecule has 0 saturated carbocycles. The number of aliphatic hydroxyl groups excluding tert-OH is 1. The number of rotatable bonds is 10. The number of ketones is 1. The summed E-state index contributed by atoms with van der Waals surface area (Å²) in [4.78, 5) is 41.8. The van der Waals surface area contributed by atoms with Gasteiger partial charge < -0.3 is 25.5 Å². The van der Waals surface area contributed by atoms with Gasteiger partial charge >= 0.3 is 6.03 Å². The molecule has 1 aliphatic heterocycles. The Balaban J connectivity index is 2.01. The molecular formula is C23H36N4O4. The van der Waals surface area contributed by atoms with Crippen LogP contribution in [0.2, 0.25) is 0 Å². The summed E-state index contributed by atoms with van der Waals surface area (Å²) in [7, 11) is 2.01. The number of benzene rings is 1. The van der Waals surface area contributed by atoms with E-state index in [1.54, 1.807) is 4.90 Å². The molecule has 2 rings (SSSR count). The molecule has 8 nitrogen and oxygen atoms in total. The number of hydrogen-bond donors (Lipinski definition) is 3. The Bertz CT molecular complexity index is 718. The highest BCUT2D eigenvalue weighted by Gasteiger charge is 2.29. The lowest BCUT2D eigenvalue weighted by Crippen LogP contribution is -2.57. The molecule has 1 heterocycles. The fraction of sp³-hybridized carbons (Fsp3) is 0.609. The second-order valence-electron chi connectivity index (χ2n) is 8.63. The molecule has 0 unspecified atom stereocenters. The molecule has 172 valence electrons. The summed E-state index contributed by atoms with van der Waals surface area (Å²) < 4.78 is 0. The molecule has 1 aromatic rings. The molecule has 31 heavy (non-hydrogen) atoms. The van der Waals surface area contributed by atoms with E-state index in [9.17, 15) is 19.5 Å². The van der Waals surface area contributed by atoms with E-state index in [1.807, 2.05) is 51.2 Å². The summed E-state index contributed by atoms with van der Waals surface area (Å²) in [6.07, 6.45) is 1.44. The first-order valence-corrected chi connectivity index (χ1v) is 11.0. The number of aliphatic hydroxyl groups is 1. The van der Waals surface area contributed by atoms with Crippen molar-refractivity contribution in [1.29, 1.82) is 0 Å². The second kappa shape index (κ2) is 12.4. The van der Waals surface area contributed by atoms with Crippen molar-refractivity contribution >= 4 is 17.7 Å². The number of urea groups is 1. The average molecular weight is 433 g/mol. The maximum absolute atomic E-state index is 13.0. The van der Waals surface area contributed by atoms with Crippen molar-refractivity contribution in [3.63, 3.8) is 0 Å². The molecule has 2 atom stereocenters. The Morgan fingerprint density at radius 1 is 1.00 bits per heavy atom. The Hall–Kier alpha value is -2.45. The van der Waals surface area contributed by atoms with Crippen LogP contribution in [0.15, 0.2) is 30.3 Å². The van der Waals surface area contributed by atoms with Crippen LogP contribution >= 0.6 is 0 Å². The van der Waals surface area contributed by atoms with Crippen molar-refractivity contribution in [2.45, 2.75) is 45.2 Å². The molecular weight excluding hydrogens is 396 g/mol. The number of amides is 3. The largest absolute Gasteiger partial charge is 0.389 e. The zero-order valence-corrected chi connectivity index (χ0v) is 18.8. The van der Waals surface area contributed by atoms with Gasteiger partial charge in [0.2, 0.25) is 5.91 Å². The molecule has 1 fully saturated rings. The van der Waals surface area contributed by atoms with Gasteiger partial charge in [-0.1, -0.05) is 44.2 Å². The van der Waals surface area contributed by atoms with Crippen LogP contribution in [0.1, 0.15) is 32.3 Å². The summed E-state index contributed by atoms with van der Waals surface area (Å²) in [5.41, 5.74) is 1.05. The predicted molar refractivity (Wildman–Crippen MR) is 120 cm³/mol. The summed E-state index contributed by atoms with van der Waals surface area (Å²) in [6, 6.07) is 7.88. The molecule has 0 aromatic heterocycles. The first-order valence-electron chi connectivity index (χ1n) is 11.0. The van der Waals surface area contributed by atoms with Crippen molar-refractivity contribution < 1.29 is 19.5 Å². The topological polar surface area (TPSA) is 102 Å². The van der Waals surface area contributed by atoms with E-state index in [1.165, 1.54) is 0 Å². The lowest BCUT2D eigenvalue weighted by atomic mass is 10.00. The molecule has 3 N–H and O–H groups in total. The minimum atomic E-state index is -0.798. The highest BCUT2D eigenvalue weighted by Crippen LogP contribution is 2.10. The smallest absolute Gasteiger partial charge is 0.318 e. The van der Waals surface area contributed by atoms with Crippen LogP contribution in [-0.4, -0.2) is 84.5 Å². The molecule has 0 aliphatic carbocycles. The molecule has 0 bridgehead atoms. The van der Waals surface area contributed by atoms with E-state index in [4.69, 9.17) is 0 Å². The molecule has 3 amide bonds. The summed E-state index contributed by atoms with van der Waals surface area (Å²) in [6.45, 7) is 6.13. The summed E-state index contributed by atoms with van der Waals surface area (Å²) >= 11 is 0. The number of piperazine rings is 1. The Morgan fingerprint density at radius 2 is 1.65 bits per heavy atom. The Labute approximate surface area is 185 Å². The van der Waals surface area contributed by atoms with Crippen LogP contribution in [0.4, 0.5) is 4.79 Å². The molecule has 8 heteroatoms. The standard InChI is InChI=1S/C23H36N4O4/c1-17(2)15-20(25-23(31)27-13-11-26(3)12-14-27)22(30)24-19(21(29)16-28)10-9-18-7-5-4-6-8-18/h4-8,17,19-20,28H,9-16H2,1-3H3,(H,24,30)(H,25,31)/t19-,20-/m0/s1. The lowest BCUT2D eigenvalue weighted by molar-refractivity contribution is -0.130. The highest BCUT2D eigenvalue weighted by molar-refractivity contribution is 5.93. The number of carbonyl (C=O) groups excluding carboxylic acids is 3. The monoisotopic (exact) mass is 432 g/mol. The first-order chi connectivity index (χ1) is 14.8. The number of nitrogens with zero attached hydrogens (tertiary/aromatic N) is 2. The van der Waals surface area contributed by atoms with Crippen molar-refractivity contribution in [3.8, 4) is 0 Å². The average Bonchev–Trinajstić information content (AvgIpc) is 2.76.